The third kappa shape index (κ3) is 3.92. The molecule has 0 amide bonds. The number of hydrogen-bond donors (Lipinski definition) is 0. The predicted molar refractivity (Wildman–Crippen MR) is 87.7 cm³/mol. The highest BCUT2D eigenvalue weighted by atomic mass is 14.9. The molecular formula is C17H18N4. The van der Waals surface area contributed by atoms with Crippen LogP contribution in [0, 0.1) is 6.92 Å². The summed E-state index contributed by atoms with van der Waals surface area (Å²) in [5, 5.41) is 0. The van der Waals surface area contributed by atoms with Gasteiger partial charge < -0.3 is 0 Å². The van der Waals surface area contributed by atoms with Crippen LogP contribution in [0.4, 0.5) is 0 Å². The Bertz CT molecular complexity index is 710. The number of amidine groups is 1. The second-order valence-corrected chi connectivity index (χ2v) is 4.89. The Morgan fingerprint density at radius 3 is 2.71 bits per heavy atom. The minimum atomic E-state index is 0.601. The van der Waals surface area contributed by atoms with Crippen molar-refractivity contribution in [2.45, 2.75) is 20.8 Å². The molecule has 1 aromatic heterocycles. The van der Waals surface area contributed by atoms with Crippen molar-refractivity contribution in [1.82, 2.24) is 9.97 Å². The fraction of sp³-hybridized carbons (Fsp3) is 0.176. The van der Waals surface area contributed by atoms with E-state index in [0.29, 0.717) is 5.84 Å². The molecule has 0 saturated heterocycles. The predicted octanol–water partition coefficient (Wildman–Crippen LogP) is 3.82. The topological polar surface area (TPSA) is 50.5 Å². The first-order valence-corrected chi connectivity index (χ1v) is 6.68. The van der Waals surface area contributed by atoms with Crippen molar-refractivity contribution < 1.29 is 0 Å². The molecule has 106 valence electrons. The lowest BCUT2D eigenvalue weighted by molar-refractivity contribution is 1.06. The van der Waals surface area contributed by atoms with Gasteiger partial charge in [0, 0.05) is 23.5 Å². The lowest BCUT2D eigenvalue weighted by Gasteiger charge is -2.05. The first-order valence-electron chi connectivity index (χ1n) is 6.68. The second kappa shape index (κ2) is 6.70. The summed E-state index contributed by atoms with van der Waals surface area (Å²) in [6, 6.07) is 9.83. The Kier molecular flexibility index (Phi) is 4.72. The average molecular weight is 278 g/mol. The van der Waals surface area contributed by atoms with E-state index in [1.807, 2.05) is 51.1 Å². The number of aryl methyl sites for hydroxylation is 1. The number of benzene rings is 1. The number of aromatic nitrogens is 2. The Balaban J connectivity index is 2.44. The highest BCUT2D eigenvalue weighted by molar-refractivity contribution is 6.02. The molecule has 1 heterocycles. The van der Waals surface area contributed by atoms with E-state index in [2.05, 4.69) is 26.7 Å². The molecule has 21 heavy (non-hydrogen) atoms. The zero-order valence-electron chi connectivity index (χ0n) is 12.5. The summed E-state index contributed by atoms with van der Waals surface area (Å²) in [5.41, 5.74) is 3.91. The van der Waals surface area contributed by atoms with E-state index in [1.165, 1.54) is 0 Å². The largest absolute Gasteiger partial charge is 0.245 e. The Morgan fingerprint density at radius 2 is 2.05 bits per heavy atom. The third-order valence-electron chi connectivity index (χ3n) is 2.79. The Morgan fingerprint density at radius 1 is 1.24 bits per heavy atom. The van der Waals surface area contributed by atoms with Gasteiger partial charge in [-0.15, -0.1) is 0 Å². The fourth-order valence-electron chi connectivity index (χ4n) is 1.83. The van der Waals surface area contributed by atoms with Crippen molar-refractivity contribution in [3.8, 4) is 11.3 Å². The van der Waals surface area contributed by atoms with Gasteiger partial charge in [-0.05, 0) is 39.6 Å². The number of aliphatic imine (C=N–C) groups is 2. The molecule has 0 aliphatic rings. The van der Waals surface area contributed by atoms with Crippen LogP contribution in [0.3, 0.4) is 0 Å². The maximum Gasteiger partial charge on any atom is 0.158 e. The minimum absolute atomic E-state index is 0.601. The molecular weight excluding hydrogens is 260 g/mol. The van der Waals surface area contributed by atoms with Crippen molar-refractivity contribution in [3.05, 3.63) is 59.7 Å². The fourth-order valence-corrected chi connectivity index (χ4v) is 1.83. The van der Waals surface area contributed by atoms with Crippen LogP contribution in [-0.2, 0) is 0 Å². The highest BCUT2D eigenvalue weighted by Gasteiger charge is 2.05. The molecule has 1 aromatic carbocycles. The van der Waals surface area contributed by atoms with E-state index in [9.17, 15) is 0 Å². The summed E-state index contributed by atoms with van der Waals surface area (Å²) in [5.74, 6) is 1.35. The molecule has 0 fully saturated rings. The van der Waals surface area contributed by atoms with Crippen LogP contribution in [0.2, 0.25) is 0 Å². The number of nitrogens with zero attached hydrogens (tertiary/aromatic N) is 4. The summed E-state index contributed by atoms with van der Waals surface area (Å²) >= 11 is 0. The van der Waals surface area contributed by atoms with Crippen LogP contribution in [0.1, 0.15) is 25.2 Å². The molecule has 0 spiro atoms. The third-order valence-corrected chi connectivity index (χ3v) is 2.79. The first-order chi connectivity index (χ1) is 10.1. The van der Waals surface area contributed by atoms with Gasteiger partial charge in [0.05, 0.1) is 5.69 Å². The van der Waals surface area contributed by atoms with Crippen LogP contribution in [0.25, 0.3) is 11.3 Å². The van der Waals surface area contributed by atoms with E-state index in [0.717, 1.165) is 28.2 Å². The standard InChI is InChI=1S/C17H18N4/c1-12(2)11-20-17(18-4)15-7-5-6-14(10-15)16-8-9-19-13(3)21-16/h5-11H,4H2,1-3H3. The zero-order valence-corrected chi connectivity index (χ0v) is 12.5. The molecule has 0 atom stereocenters. The van der Waals surface area contributed by atoms with E-state index in [1.54, 1.807) is 12.4 Å². The van der Waals surface area contributed by atoms with Crippen molar-refractivity contribution >= 4 is 12.6 Å². The summed E-state index contributed by atoms with van der Waals surface area (Å²) in [4.78, 5) is 16.9. The highest BCUT2D eigenvalue weighted by Crippen LogP contribution is 2.18. The molecule has 0 unspecified atom stereocenters. The van der Waals surface area contributed by atoms with Crippen LogP contribution >= 0.6 is 0 Å². The number of allylic oxidation sites excluding steroid dienone is 1. The molecule has 0 radical (unpaired) electrons. The maximum absolute atomic E-state index is 4.43. The molecule has 4 nitrogen and oxygen atoms in total. The van der Waals surface area contributed by atoms with Gasteiger partial charge in [-0.25, -0.2) is 20.0 Å². The van der Waals surface area contributed by atoms with Crippen LogP contribution in [0.15, 0.2) is 58.3 Å². The normalized spacial score (nSPS) is 11.1. The van der Waals surface area contributed by atoms with Gasteiger partial charge in [-0.3, -0.25) is 0 Å². The summed E-state index contributed by atoms with van der Waals surface area (Å²) in [7, 11) is 0. The monoisotopic (exact) mass is 278 g/mol. The van der Waals surface area contributed by atoms with E-state index in [4.69, 9.17) is 0 Å². The van der Waals surface area contributed by atoms with E-state index in [-0.39, 0.29) is 0 Å². The first kappa shape index (κ1) is 14.8. The van der Waals surface area contributed by atoms with Gasteiger partial charge in [0.1, 0.15) is 5.82 Å². The second-order valence-electron chi connectivity index (χ2n) is 4.89. The number of hydrogen-bond acceptors (Lipinski definition) is 3. The lowest BCUT2D eigenvalue weighted by Crippen LogP contribution is -1.97. The Hall–Kier alpha value is -2.62. The Labute approximate surface area is 125 Å². The molecule has 2 rings (SSSR count). The average Bonchev–Trinajstić information content (AvgIpc) is 2.48. The van der Waals surface area contributed by atoms with Gasteiger partial charge in [0.15, 0.2) is 5.84 Å². The molecule has 0 aliphatic carbocycles. The summed E-state index contributed by atoms with van der Waals surface area (Å²) < 4.78 is 0. The van der Waals surface area contributed by atoms with Gasteiger partial charge in [0.2, 0.25) is 0 Å². The SMILES string of the molecule is C=NC(=NC=C(C)C)c1cccc(-c2ccnc(C)n2)c1. The van der Waals surface area contributed by atoms with Gasteiger partial charge in [0.25, 0.3) is 0 Å². The van der Waals surface area contributed by atoms with Gasteiger partial charge >= 0.3 is 0 Å². The molecule has 0 saturated carbocycles. The van der Waals surface area contributed by atoms with Gasteiger partial charge in [-0.1, -0.05) is 23.8 Å². The van der Waals surface area contributed by atoms with Crippen LogP contribution in [-0.4, -0.2) is 22.5 Å². The minimum Gasteiger partial charge on any atom is -0.245 e. The summed E-state index contributed by atoms with van der Waals surface area (Å²) in [6.45, 7) is 9.45. The zero-order chi connectivity index (χ0) is 15.2. The number of rotatable bonds is 3. The quantitative estimate of drug-likeness (QED) is 0.633. The van der Waals surface area contributed by atoms with Crippen molar-refractivity contribution in [2.24, 2.45) is 9.98 Å². The van der Waals surface area contributed by atoms with Crippen molar-refractivity contribution in [2.75, 3.05) is 0 Å². The van der Waals surface area contributed by atoms with Crippen molar-refractivity contribution in [1.29, 1.82) is 0 Å². The molecule has 0 N–H and O–H groups in total. The maximum atomic E-state index is 4.43. The molecule has 0 bridgehead atoms. The van der Waals surface area contributed by atoms with E-state index < -0.39 is 0 Å². The van der Waals surface area contributed by atoms with Gasteiger partial charge in [-0.2, -0.15) is 0 Å². The smallest absolute Gasteiger partial charge is 0.158 e. The van der Waals surface area contributed by atoms with Crippen LogP contribution in [0.5, 0.6) is 0 Å². The lowest BCUT2D eigenvalue weighted by atomic mass is 10.1. The van der Waals surface area contributed by atoms with Crippen LogP contribution < -0.4 is 0 Å². The van der Waals surface area contributed by atoms with E-state index >= 15 is 0 Å². The van der Waals surface area contributed by atoms with Crippen molar-refractivity contribution in [3.63, 3.8) is 0 Å². The summed E-state index contributed by atoms with van der Waals surface area (Å²) in [6.07, 6.45) is 3.54. The molecule has 0 aliphatic heterocycles. The molecule has 2 aromatic rings. The molecule has 4 heteroatoms.